The van der Waals surface area contributed by atoms with Crippen LogP contribution in [0.25, 0.3) is 16.0 Å². The van der Waals surface area contributed by atoms with Crippen LogP contribution in [0.4, 0.5) is 0 Å². The van der Waals surface area contributed by atoms with Crippen LogP contribution in [0.5, 0.6) is 0 Å². The maximum absolute atomic E-state index is 9.59. The average molecular weight is 384 g/mol. The van der Waals surface area contributed by atoms with Crippen molar-refractivity contribution in [2.24, 2.45) is 5.73 Å². The number of nitrogens with two attached hydrogens (primary N) is 1. The fraction of sp³-hybridized carbons (Fsp3) is 0.889. The Morgan fingerprint density at radius 3 is 1.00 bits per heavy atom. The molecule has 15 heavy (non-hydrogen) atoms. The van der Waals surface area contributed by atoms with Crippen LogP contribution in [-0.4, -0.2) is 48.2 Å². The molecule has 0 aliphatic rings. The second-order valence-electron chi connectivity index (χ2n) is 2.16. The molecule has 0 saturated carbocycles. The van der Waals surface area contributed by atoms with E-state index in [2.05, 4.69) is 21.7 Å². The van der Waals surface area contributed by atoms with E-state index in [4.69, 9.17) is 0 Å². The van der Waals surface area contributed by atoms with Crippen molar-refractivity contribution in [3.8, 4) is 0 Å². The molecule has 6 heteroatoms. The van der Waals surface area contributed by atoms with Crippen LogP contribution >= 0.6 is 0 Å². The van der Waals surface area contributed by atoms with Gasteiger partial charge in [-0.25, -0.2) is 0 Å². The first kappa shape index (κ1) is 29.5. The molecule has 1 amide bonds. The summed E-state index contributed by atoms with van der Waals surface area (Å²) in [4.78, 5) is 9.59. The molecule has 0 rings (SSSR count). The van der Waals surface area contributed by atoms with Crippen molar-refractivity contribution >= 4 is 5.91 Å². The Labute approximate surface area is 114 Å². The van der Waals surface area contributed by atoms with Gasteiger partial charge < -0.3 is 21.7 Å². The van der Waals surface area contributed by atoms with Gasteiger partial charge in [0.2, 0.25) is 5.91 Å². The number of carbonyl (C=O) groups excluding carboxylic acids is 1. The Hall–Kier alpha value is 0.220. The third-order valence-electron chi connectivity index (χ3n) is 0.348. The summed E-state index contributed by atoms with van der Waals surface area (Å²) >= 11 is 0. The third kappa shape index (κ3) is 431. The smallest absolute Gasteiger partial charge is 0.217 e. The minimum atomic E-state index is -0.245. The molecule has 0 aliphatic carbocycles. The fourth-order valence-electron chi connectivity index (χ4n) is 0. The molecule has 0 spiro atoms. The van der Waals surface area contributed by atoms with Crippen molar-refractivity contribution in [3.05, 3.63) is 16.0 Å². The predicted molar refractivity (Wildman–Crippen MR) is 65.1 cm³/mol. The molecular formula is C9H25HfN4O-3. The van der Waals surface area contributed by atoms with Crippen molar-refractivity contribution in [2.75, 3.05) is 42.3 Å². The molecule has 5 nitrogen and oxygen atoms in total. The molecular weight excluding hydrogens is 359 g/mol. The molecule has 0 radical (unpaired) electrons. The van der Waals surface area contributed by atoms with E-state index in [0.29, 0.717) is 6.42 Å². The van der Waals surface area contributed by atoms with Crippen LogP contribution in [-0.2, 0) is 30.6 Å². The summed E-state index contributed by atoms with van der Waals surface area (Å²) in [5.74, 6) is -0.245. The summed E-state index contributed by atoms with van der Waals surface area (Å²) in [5, 5.41) is 10.5. The van der Waals surface area contributed by atoms with E-state index < -0.39 is 0 Å². The zero-order valence-electron chi connectivity index (χ0n) is 11.0. The van der Waals surface area contributed by atoms with Gasteiger partial charge in [-0.15, -0.1) is 0 Å². The quantitative estimate of drug-likeness (QED) is 0.687. The minimum absolute atomic E-state index is 0. The van der Waals surface area contributed by atoms with Crippen molar-refractivity contribution in [1.82, 2.24) is 0 Å². The fourth-order valence-corrected chi connectivity index (χ4v) is 0. The first-order valence-corrected chi connectivity index (χ1v) is 4.24. The van der Waals surface area contributed by atoms with Crippen LogP contribution in [0.15, 0.2) is 0 Å². The SMILES string of the molecule is CCC(N)=O.C[N-]C.C[N-]C.C[N-]C.[Hf]. The number of nitrogens with zero attached hydrogens (tertiary/aromatic N) is 3. The summed E-state index contributed by atoms with van der Waals surface area (Å²) in [6.45, 7) is 1.72. The molecule has 94 valence electrons. The number of primary amides is 1. The van der Waals surface area contributed by atoms with Gasteiger partial charge in [0.25, 0.3) is 0 Å². The average Bonchev–Trinajstić information content (AvgIpc) is 2.08. The van der Waals surface area contributed by atoms with E-state index in [1.165, 1.54) is 0 Å². The van der Waals surface area contributed by atoms with Crippen molar-refractivity contribution < 1.29 is 30.6 Å². The number of hydrogen-bond donors (Lipinski definition) is 1. The van der Waals surface area contributed by atoms with Gasteiger partial charge in [-0.3, -0.25) is 4.79 Å². The summed E-state index contributed by atoms with van der Waals surface area (Å²) < 4.78 is 0. The molecule has 0 fully saturated rings. The van der Waals surface area contributed by atoms with Gasteiger partial charge in [0.1, 0.15) is 0 Å². The molecule has 0 aromatic rings. The topological polar surface area (TPSA) is 85.4 Å². The van der Waals surface area contributed by atoms with Crippen molar-refractivity contribution in [3.63, 3.8) is 0 Å². The van der Waals surface area contributed by atoms with Gasteiger partial charge in [0, 0.05) is 32.3 Å². The first-order chi connectivity index (χ1) is 6.51. The van der Waals surface area contributed by atoms with Crippen LogP contribution in [0.2, 0.25) is 0 Å². The van der Waals surface area contributed by atoms with Gasteiger partial charge in [-0.2, -0.15) is 42.3 Å². The number of amides is 1. The van der Waals surface area contributed by atoms with E-state index in [-0.39, 0.29) is 31.8 Å². The largest absolute Gasteiger partial charge is 0.668 e. The van der Waals surface area contributed by atoms with E-state index in [9.17, 15) is 4.79 Å². The van der Waals surface area contributed by atoms with Gasteiger partial charge in [-0.05, 0) is 0 Å². The van der Waals surface area contributed by atoms with Crippen LogP contribution in [0, 0.1) is 0 Å². The van der Waals surface area contributed by atoms with Crippen LogP contribution in [0.1, 0.15) is 13.3 Å². The monoisotopic (exact) mass is 385 g/mol. The Morgan fingerprint density at radius 1 is 0.933 bits per heavy atom. The molecule has 0 aromatic carbocycles. The van der Waals surface area contributed by atoms with E-state index >= 15 is 0 Å². The van der Waals surface area contributed by atoms with Gasteiger partial charge in [-0.1, -0.05) is 6.92 Å². The van der Waals surface area contributed by atoms with Gasteiger partial charge >= 0.3 is 0 Å². The summed E-state index contributed by atoms with van der Waals surface area (Å²) in [6.07, 6.45) is 0.444. The zero-order chi connectivity index (χ0) is 12.4. The van der Waals surface area contributed by atoms with Crippen molar-refractivity contribution in [1.29, 1.82) is 0 Å². The molecule has 0 aliphatic heterocycles. The zero-order valence-corrected chi connectivity index (χ0v) is 14.6. The van der Waals surface area contributed by atoms with Gasteiger partial charge in [0.15, 0.2) is 0 Å². The van der Waals surface area contributed by atoms with Crippen LogP contribution in [0.3, 0.4) is 0 Å². The minimum Gasteiger partial charge on any atom is -0.668 e. The molecule has 2 N–H and O–H groups in total. The Bertz CT molecular complexity index is 79.8. The summed E-state index contributed by atoms with van der Waals surface area (Å²) in [6, 6.07) is 0. The second-order valence-corrected chi connectivity index (χ2v) is 2.16. The first-order valence-electron chi connectivity index (χ1n) is 4.24. The van der Waals surface area contributed by atoms with E-state index in [0.717, 1.165) is 0 Å². The number of rotatable bonds is 1. The molecule has 0 unspecified atom stereocenters. The molecule has 0 bridgehead atoms. The normalized spacial score (nSPS) is 6.07. The van der Waals surface area contributed by atoms with E-state index in [1.807, 2.05) is 0 Å². The maximum atomic E-state index is 9.59. The number of hydrogen-bond acceptors (Lipinski definition) is 1. The molecule has 0 atom stereocenters. The van der Waals surface area contributed by atoms with Crippen LogP contribution < -0.4 is 5.73 Å². The van der Waals surface area contributed by atoms with E-state index in [1.54, 1.807) is 49.2 Å². The van der Waals surface area contributed by atoms with Gasteiger partial charge in [0.05, 0.1) is 0 Å². The number of carbonyl (C=O) groups is 1. The molecule has 0 saturated heterocycles. The Morgan fingerprint density at radius 2 is 1.00 bits per heavy atom. The predicted octanol–water partition coefficient (Wildman–Crippen LogP) is 1.74. The second kappa shape index (κ2) is 47.7. The Kier molecular flexibility index (Phi) is 93.6. The molecule has 0 aromatic heterocycles. The van der Waals surface area contributed by atoms with Crippen molar-refractivity contribution in [2.45, 2.75) is 13.3 Å². The summed E-state index contributed by atoms with van der Waals surface area (Å²) in [7, 11) is 10.5. The standard InChI is InChI=1S/C3H7NO.3C2H6N.Hf/c1-2-3(4)5;3*1-3-2;/h2H2,1H3,(H2,4,5);3*1-2H3;/q;3*-1;. The Balaban J connectivity index is -0.0000000300. The third-order valence-corrected chi connectivity index (χ3v) is 0.348. The summed E-state index contributed by atoms with van der Waals surface area (Å²) in [5.41, 5.74) is 4.65. The maximum Gasteiger partial charge on any atom is 0.217 e. The molecule has 0 heterocycles.